The van der Waals surface area contributed by atoms with Gasteiger partial charge in [-0.1, -0.05) is 24.3 Å². The van der Waals surface area contributed by atoms with Crippen molar-refractivity contribution in [3.8, 4) is 5.75 Å². The molecule has 31 heavy (non-hydrogen) atoms. The molecule has 2 heterocycles. The first-order valence-corrected chi connectivity index (χ1v) is 10.7. The maximum Gasteiger partial charge on any atom is 0.310 e. The lowest BCUT2D eigenvalue weighted by Crippen LogP contribution is -2.52. The Morgan fingerprint density at radius 3 is 2.39 bits per heavy atom. The van der Waals surface area contributed by atoms with E-state index < -0.39 is 5.60 Å². The lowest BCUT2D eigenvalue weighted by atomic mass is 9.96. The van der Waals surface area contributed by atoms with Crippen molar-refractivity contribution in [2.75, 3.05) is 19.7 Å². The zero-order chi connectivity index (χ0) is 22.3. The van der Waals surface area contributed by atoms with Crippen molar-refractivity contribution in [2.45, 2.75) is 39.2 Å². The number of hydrogen-bond acceptors (Lipinski definition) is 5. The van der Waals surface area contributed by atoms with Crippen LogP contribution in [0.3, 0.4) is 0 Å². The molecule has 1 aromatic carbocycles. The Hall–Kier alpha value is -3.15. The first-order chi connectivity index (χ1) is 14.9. The van der Waals surface area contributed by atoms with E-state index in [0.29, 0.717) is 25.4 Å². The number of amides is 1. The first kappa shape index (κ1) is 22.5. The zero-order valence-corrected chi connectivity index (χ0v) is 18.4. The summed E-state index contributed by atoms with van der Waals surface area (Å²) in [5.74, 6) is 0.00979. The van der Waals surface area contributed by atoms with Crippen LogP contribution in [0, 0.1) is 5.92 Å². The molecular formula is C25H30N2O4. The van der Waals surface area contributed by atoms with E-state index in [-0.39, 0.29) is 17.8 Å². The zero-order valence-electron chi connectivity index (χ0n) is 18.4. The van der Waals surface area contributed by atoms with Crippen LogP contribution < -0.4 is 4.74 Å². The lowest BCUT2D eigenvalue weighted by molar-refractivity contribution is -0.154. The molecule has 164 valence electrons. The molecule has 0 aliphatic carbocycles. The van der Waals surface area contributed by atoms with E-state index in [1.54, 1.807) is 38.1 Å². The number of rotatable bonds is 7. The minimum atomic E-state index is -1.04. The molecule has 1 aromatic heterocycles. The van der Waals surface area contributed by atoms with E-state index in [1.165, 1.54) is 0 Å². The van der Waals surface area contributed by atoms with Crippen LogP contribution in [0.25, 0.3) is 12.2 Å². The third-order valence-electron chi connectivity index (χ3n) is 5.27. The van der Waals surface area contributed by atoms with Gasteiger partial charge in [0.05, 0.1) is 12.5 Å². The SMILES string of the molecule is CCOC(=O)C1CCCN(C(=O)C(C)(C)Oc2ccc(/C=C/c3ccncc3)cc2)C1. The minimum Gasteiger partial charge on any atom is -0.478 e. The van der Waals surface area contributed by atoms with Crippen LogP contribution in [0.15, 0.2) is 48.8 Å². The molecule has 1 fully saturated rings. The van der Waals surface area contributed by atoms with Gasteiger partial charge in [-0.25, -0.2) is 0 Å². The maximum absolute atomic E-state index is 13.1. The largest absolute Gasteiger partial charge is 0.478 e. The number of benzene rings is 1. The maximum atomic E-state index is 13.1. The lowest BCUT2D eigenvalue weighted by Gasteiger charge is -2.36. The molecule has 0 N–H and O–H groups in total. The van der Waals surface area contributed by atoms with E-state index in [2.05, 4.69) is 4.98 Å². The molecule has 2 aromatic rings. The van der Waals surface area contributed by atoms with Gasteiger partial charge in [-0.3, -0.25) is 14.6 Å². The fourth-order valence-corrected chi connectivity index (χ4v) is 3.65. The minimum absolute atomic E-state index is 0.122. The molecule has 0 radical (unpaired) electrons. The van der Waals surface area contributed by atoms with Gasteiger partial charge in [-0.05, 0) is 69.0 Å². The van der Waals surface area contributed by atoms with Crippen LogP contribution in [0.4, 0.5) is 0 Å². The fourth-order valence-electron chi connectivity index (χ4n) is 3.65. The number of hydrogen-bond donors (Lipinski definition) is 0. The molecule has 0 bridgehead atoms. The van der Waals surface area contributed by atoms with Gasteiger partial charge in [0.1, 0.15) is 5.75 Å². The van der Waals surface area contributed by atoms with Crippen molar-refractivity contribution in [3.05, 3.63) is 59.9 Å². The van der Waals surface area contributed by atoms with E-state index in [9.17, 15) is 9.59 Å². The van der Waals surface area contributed by atoms with Gasteiger partial charge < -0.3 is 14.4 Å². The molecule has 1 aliphatic heterocycles. The number of aromatic nitrogens is 1. The number of piperidine rings is 1. The number of carbonyl (C=O) groups is 2. The Morgan fingerprint density at radius 1 is 1.10 bits per heavy atom. The highest BCUT2D eigenvalue weighted by molar-refractivity contribution is 5.85. The van der Waals surface area contributed by atoms with Crippen molar-refractivity contribution in [2.24, 2.45) is 5.92 Å². The van der Waals surface area contributed by atoms with Crippen LogP contribution in [0.1, 0.15) is 44.7 Å². The molecule has 1 saturated heterocycles. The average molecular weight is 423 g/mol. The Labute approximate surface area is 183 Å². The second kappa shape index (κ2) is 10.2. The summed E-state index contributed by atoms with van der Waals surface area (Å²) in [4.78, 5) is 30.9. The van der Waals surface area contributed by atoms with Gasteiger partial charge in [-0.2, -0.15) is 0 Å². The summed E-state index contributed by atoms with van der Waals surface area (Å²) in [6, 6.07) is 11.5. The van der Waals surface area contributed by atoms with Gasteiger partial charge in [0.2, 0.25) is 0 Å². The second-order valence-electron chi connectivity index (χ2n) is 8.14. The van der Waals surface area contributed by atoms with Crippen LogP contribution >= 0.6 is 0 Å². The van der Waals surface area contributed by atoms with Crippen LogP contribution in [-0.2, 0) is 14.3 Å². The molecular weight excluding hydrogens is 392 g/mol. The van der Waals surface area contributed by atoms with E-state index in [0.717, 1.165) is 24.0 Å². The molecule has 6 heteroatoms. The molecule has 0 saturated carbocycles. The number of likely N-dealkylation sites (tertiary alicyclic amines) is 1. The topological polar surface area (TPSA) is 68.7 Å². The highest BCUT2D eigenvalue weighted by Crippen LogP contribution is 2.25. The highest BCUT2D eigenvalue weighted by Gasteiger charge is 2.38. The van der Waals surface area contributed by atoms with E-state index >= 15 is 0 Å². The quantitative estimate of drug-likeness (QED) is 0.625. The summed E-state index contributed by atoms with van der Waals surface area (Å²) in [5, 5.41) is 0. The van der Waals surface area contributed by atoms with Crippen LogP contribution in [0.2, 0.25) is 0 Å². The van der Waals surface area contributed by atoms with E-state index in [4.69, 9.17) is 9.47 Å². The number of carbonyl (C=O) groups excluding carboxylic acids is 2. The van der Waals surface area contributed by atoms with Gasteiger partial charge >= 0.3 is 5.97 Å². The predicted octanol–water partition coefficient (Wildman–Crippen LogP) is 4.21. The van der Waals surface area contributed by atoms with Crippen molar-refractivity contribution < 1.29 is 19.1 Å². The van der Waals surface area contributed by atoms with Gasteiger partial charge in [0.25, 0.3) is 5.91 Å². The van der Waals surface area contributed by atoms with E-state index in [1.807, 2.05) is 48.6 Å². The molecule has 1 unspecified atom stereocenters. The summed E-state index contributed by atoms with van der Waals surface area (Å²) < 4.78 is 11.2. The van der Waals surface area contributed by atoms with Crippen molar-refractivity contribution in [3.63, 3.8) is 0 Å². The third-order valence-corrected chi connectivity index (χ3v) is 5.27. The van der Waals surface area contributed by atoms with Crippen molar-refractivity contribution >= 4 is 24.0 Å². The number of esters is 1. The summed E-state index contributed by atoms with van der Waals surface area (Å²) in [6.07, 6.45) is 9.07. The van der Waals surface area contributed by atoms with Crippen LogP contribution in [0.5, 0.6) is 5.75 Å². The molecule has 1 atom stereocenters. The summed E-state index contributed by atoms with van der Waals surface area (Å²) >= 11 is 0. The van der Waals surface area contributed by atoms with Crippen molar-refractivity contribution in [1.29, 1.82) is 0 Å². The van der Waals surface area contributed by atoms with Gasteiger partial charge in [0, 0.05) is 25.5 Å². The second-order valence-corrected chi connectivity index (χ2v) is 8.14. The molecule has 0 spiro atoms. The standard InChI is InChI=1S/C25H30N2O4/c1-4-30-23(28)21-6-5-17-27(18-21)24(29)25(2,3)31-22-11-9-19(10-12-22)7-8-20-13-15-26-16-14-20/h7-16,21H,4-6,17-18H2,1-3H3/b8-7+. The van der Waals surface area contributed by atoms with Crippen molar-refractivity contribution in [1.82, 2.24) is 9.88 Å². The molecule has 1 aliphatic rings. The molecule has 6 nitrogen and oxygen atoms in total. The Balaban J connectivity index is 1.61. The first-order valence-electron chi connectivity index (χ1n) is 10.7. The van der Waals surface area contributed by atoms with Gasteiger partial charge in [0.15, 0.2) is 5.60 Å². The number of ether oxygens (including phenoxy) is 2. The predicted molar refractivity (Wildman–Crippen MR) is 120 cm³/mol. The van der Waals surface area contributed by atoms with Crippen LogP contribution in [-0.4, -0.2) is 47.1 Å². The number of pyridine rings is 1. The molecule has 1 amide bonds. The Bertz CT molecular complexity index is 907. The average Bonchev–Trinajstić information content (AvgIpc) is 2.79. The normalized spacial score (nSPS) is 16.9. The summed E-state index contributed by atoms with van der Waals surface area (Å²) in [5.41, 5.74) is 1.07. The third kappa shape index (κ3) is 6.17. The van der Waals surface area contributed by atoms with Gasteiger partial charge in [-0.15, -0.1) is 0 Å². The summed E-state index contributed by atoms with van der Waals surface area (Å²) in [6.45, 7) is 6.68. The smallest absolute Gasteiger partial charge is 0.310 e. The fraction of sp³-hybridized carbons (Fsp3) is 0.400. The Morgan fingerprint density at radius 2 is 1.74 bits per heavy atom. The monoisotopic (exact) mass is 422 g/mol. The number of nitrogens with zero attached hydrogens (tertiary/aromatic N) is 2. The highest BCUT2D eigenvalue weighted by atomic mass is 16.5. The Kier molecular flexibility index (Phi) is 7.45. The summed E-state index contributed by atoms with van der Waals surface area (Å²) in [7, 11) is 0. The molecule has 3 rings (SSSR count).